The lowest BCUT2D eigenvalue weighted by Crippen LogP contribution is -2.80. The molecule has 4 nitrogen and oxygen atoms in total. The van der Waals surface area contributed by atoms with Crippen molar-refractivity contribution in [3.05, 3.63) is 0 Å². The van der Waals surface area contributed by atoms with E-state index in [0.717, 1.165) is 12.6 Å². The van der Waals surface area contributed by atoms with Gasteiger partial charge in [0.05, 0.1) is 6.61 Å². The minimum Gasteiger partial charge on any atom is -0.360 e. The Morgan fingerprint density at radius 2 is 1.47 bits per heavy atom. The van der Waals surface area contributed by atoms with Crippen molar-refractivity contribution in [2.24, 2.45) is 11.3 Å². The minimum atomic E-state index is 0.0274. The predicted molar refractivity (Wildman–Crippen MR) is 133 cm³/mol. The van der Waals surface area contributed by atoms with Gasteiger partial charge in [-0.2, -0.15) is 0 Å². The first-order chi connectivity index (χ1) is 14.9. The first-order valence-electron chi connectivity index (χ1n) is 13.8. The molecule has 1 saturated carbocycles. The Bertz CT molecular complexity index is 694. The van der Waals surface area contributed by atoms with Crippen LogP contribution in [0.2, 0.25) is 0 Å². The van der Waals surface area contributed by atoms with Crippen molar-refractivity contribution in [2.45, 2.75) is 135 Å². The molecule has 1 aliphatic carbocycles. The Morgan fingerprint density at radius 3 is 1.97 bits per heavy atom. The Balaban J connectivity index is 1.27. The molecular formula is C28H51N3O. The Morgan fingerprint density at radius 1 is 0.812 bits per heavy atom. The molecule has 3 atom stereocenters. The summed E-state index contributed by atoms with van der Waals surface area (Å²) in [6, 6.07) is 0.743. The van der Waals surface area contributed by atoms with Crippen LogP contribution in [0.15, 0.2) is 0 Å². The zero-order valence-electron chi connectivity index (χ0n) is 22.3. The highest BCUT2D eigenvalue weighted by molar-refractivity contribution is 5.16. The SMILES string of the molecule is CC(C)(C)N1CC2(CCC2)C1CC(C)(C)N1CC(CC(C)(C)N2CCCCC2)C12CCO2. The van der Waals surface area contributed by atoms with E-state index in [2.05, 4.69) is 63.2 Å². The van der Waals surface area contributed by atoms with Gasteiger partial charge in [-0.1, -0.05) is 12.8 Å². The number of nitrogens with zero attached hydrogens (tertiary/aromatic N) is 3. The van der Waals surface area contributed by atoms with Crippen molar-refractivity contribution in [1.29, 1.82) is 0 Å². The summed E-state index contributed by atoms with van der Waals surface area (Å²) in [7, 11) is 0. The predicted octanol–water partition coefficient (Wildman–Crippen LogP) is 5.51. The maximum absolute atomic E-state index is 6.51. The molecule has 0 aromatic carbocycles. The number of hydrogen-bond donors (Lipinski definition) is 0. The van der Waals surface area contributed by atoms with E-state index < -0.39 is 0 Å². The lowest BCUT2D eigenvalue weighted by molar-refractivity contribution is -0.357. The topological polar surface area (TPSA) is 19.0 Å². The number of rotatable bonds is 6. The maximum atomic E-state index is 6.51. The highest BCUT2D eigenvalue weighted by atomic mass is 16.5. The third-order valence-corrected chi connectivity index (χ3v) is 10.5. The third kappa shape index (κ3) is 3.62. The zero-order chi connectivity index (χ0) is 23.0. The van der Waals surface area contributed by atoms with Gasteiger partial charge in [0.15, 0.2) is 0 Å². The molecule has 5 aliphatic rings. The fourth-order valence-corrected chi connectivity index (χ4v) is 8.20. The first-order valence-corrected chi connectivity index (χ1v) is 13.8. The minimum absolute atomic E-state index is 0.0274. The molecule has 4 aliphatic heterocycles. The lowest BCUT2D eigenvalue weighted by atomic mass is 9.54. The molecular weight excluding hydrogens is 394 g/mol. The van der Waals surface area contributed by atoms with Crippen molar-refractivity contribution in [1.82, 2.24) is 14.7 Å². The molecule has 0 radical (unpaired) electrons. The van der Waals surface area contributed by atoms with Gasteiger partial charge in [-0.05, 0) is 105 Å². The lowest BCUT2D eigenvalue weighted by Gasteiger charge is -2.71. The quantitative estimate of drug-likeness (QED) is 0.536. The highest BCUT2D eigenvalue weighted by Crippen LogP contribution is 2.59. The summed E-state index contributed by atoms with van der Waals surface area (Å²) < 4.78 is 6.51. The summed E-state index contributed by atoms with van der Waals surface area (Å²) in [5, 5.41) is 0. The normalized spacial score (nSPS) is 36.5. The largest absolute Gasteiger partial charge is 0.360 e. The van der Waals surface area contributed by atoms with Gasteiger partial charge in [-0.15, -0.1) is 0 Å². The molecule has 3 unspecified atom stereocenters. The molecule has 4 saturated heterocycles. The van der Waals surface area contributed by atoms with E-state index in [4.69, 9.17) is 4.74 Å². The summed E-state index contributed by atoms with van der Waals surface area (Å²) in [6.45, 7) is 23.3. The second-order valence-electron chi connectivity index (χ2n) is 14.4. The van der Waals surface area contributed by atoms with Gasteiger partial charge in [0.1, 0.15) is 5.72 Å². The smallest absolute Gasteiger partial charge is 0.128 e. The molecule has 0 aromatic rings. The van der Waals surface area contributed by atoms with Gasteiger partial charge >= 0.3 is 0 Å². The van der Waals surface area contributed by atoms with Crippen LogP contribution in [0.4, 0.5) is 0 Å². The molecule has 2 spiro atoms. The first kappa shape index (κ1) is 23.6. The number of piperidine rings is 1. The molecule has 4 heterocycles. The zero-order valence-corrected chi connectivity index (χ0v) is 22.3. The molecule has 0 bridgehead atoms. The van der Waals surface area contributed by atoms with E-state index in [1.54, 1.807) is 0 Å². The Kier molecular flexibility index (Phi) is 5.65. The fourth-order valence-electron chi connectivity index (χ4n) is 8.20. The monoisotopic (exact) mass is 445 g/mol. The molecule has 0 N–H and O–H groups in total. The Hall–Kier alpha value is -0.160. The van der Waals surface area contributed by atoms with Crippen LogP contribution >= 0.6 is 0 Å². The second-order valence-corrected chi connectivity index (χ2v) is 14.4. The number of likely N-dealkylation sites (tertiary alicyclic amines) is 3. The van der Waals surface area contributed by atoms with Gasteiger partial charge in [-0.25, -0.2) is 0 Å². The molecule has 32 heavy (non-hydrogen) atoms. The van der Waals surface area contributed by atoms with Crippen molar-refractivity contribution < 1.29 is 4.74 Å². The summed E-state index contributed by atoms with van der Waals surface area (Å²) in [6.07, 6.45) is 12.3. The molecule has 5 rings (SSSR count). The van der Waals surface area contributed by atoms with E-state index in [1.165, 1.54) is 84.0 Å². The van der Waals surface area contributed by atoms with Crippen LogP contribution in [-0.4, -0.2) is 75.9 Å². The van der Waals surface area contributed by atoms with Crippen LogP contribution in [-0.2, 0) is 4.74 Å². The fraction of sp³-hybridized carbons (Fsp3) is 1.00. The summed E-state index contributed by atoms with van der Waals surface area (Å²) in [5.41, 5.74) is 1.42. The second kappa shape index (κ2) is 7.67. The average molecular weight is 446 g/mol. The summed E-state index contributed by atoms with van der Waals surface area (Å²) in [4.78, 5) is 8.39. The van der Waals surface area contributed by atoms with Crippen LogP contribution in [0.25, 0.3) is 0 Å². The van der Waals surface area contributed by atoms with Crippen molar-refractivity contribution in [2.75, 3.05) is 32.8 Å². The van der Waals surface area contributed by atoms with E-state index in [1.807, 2.05) is 0 Å². The average Bonchev–Trinajstić information content (AvgIpc) is 2.59. The van der Waals surface area contributed by atoms with E-state index in [9.17, 15) is 0 Å². The standard InChI is InChI=1S/C28H51N3O/c1-24(2,3)30-21-27(12-11-13-27)23(30)19-26(6,7)31-20-22(28(31)14-17-32-28)18-25(4,5)29-15-9-8-10-16-29/h22-23H,8-21H2,1-7H3. The van der Waals surface area contributed by atoms with Crippen LogP contribution in [0, 0.1) is 11.3 Å². The number of ether oxygens (including phenoxy) is 1. The molecule has 4 heteroatoms. The van der Waals surface area contributed by atoms with Crippen LogP contribution < -0.4 is 0 Å². The van der Waals surface area contributed by atoms with Crippen molar-refractivity contribution in [3.63, 3.8) is 0 Å². The van der Waals surface area contributed by atoms with Gasteiger partial charge < -0.3 is 4.74 Å². The molecule has 5 fully saturated rings. The van der Waals surface area contributed by atoms with Gasteiger partial charge in [0.25, 0.3) is 0 Å². The van der Waals surface area contributed by atoms with Crippen LogP contribution in [0.5, 0.6) is 0 Å². The summed E-state index contributed by atoms with van der Waals surface area (Å²) >= 11 is 0. The van der Waals surface area contributed by atoms with E-state index in [-0.39, 0.29) is 16.8 Å². The van der Waals surface area contributed by atoms with Crippen molar-refractivity contribution in [3.8, 4) is 0 Å². The molecule has 0 aromatic heterocycles. The third-order valence-electron chi connectivity index (χ3n) is 10.5. The van der Waals surface area contributed by atoms with Gasteiger partial charge in [0.2, 0.25) is 0 Å². The van der Waals surface area contributed by atoms with Gasteiger partial charge in [0, 0.05) is 48.1 Å². The summed E-state index contributed by atoms with van der Waals surface area (Å²) in [5.74, 6) is 0.685. The highest BCUT2D eigenvalue weighted by Gasteiger charge is 2.65. The Labute approximate surface area is 198 Å². The molecule has 0 amide bonds. The number of hydrogen-bond acceptors (Lipinski definition) is 4. The van der Waals surface area contributed by atoms with E-state index in [0.29, 0.717) is 16.9 Å². The van der Waals surface area contributed by atoms with Crippen LogP contribution in [0.3, 0.4) is 0 Å². The van der Waals surface area contributed by atoms with Crippen molar-refractivity contribution >= 4 is 0 Å². The maximum Gasteiger partial charge on any atom is 0.128 e. The molecule has 184 valence electrons. The van der Waals surface area contributed by atoms with E-state index >= 15 is 0 Å². The van der Waals surface area contributed by atoms with Gasteiger partial charge in [-0.3, -0.25) is 14.7 Å². The van der Waals surface area contributed by atoms with Crippen LogP contribution in [0.1, 0.15) is 106 Å².